The highest BCUT2D eigenvalue weighted by atomic mass is 32.1. The molecule has 1 fully saturated rings. The number of hydrogen-bond donors (Lipinski definition) is 1. The summed E-state index contributed by atoms with van der Waals surface area (Å²) >= 11 is 1.69. The molecule has 1 aliphatic carbocycles. The number of aryl methyl sites for hydroxylation is 1. The zero-order valence-electron chi connectivity index (χ0n) is 19.9. The van der Waals surface area contributed by atoms with Crippen LogP contribution in [0.15, 0.2) is 47.3 Å². The SMILES string of the molecule is CCOC(=O)N1CCN(C(c2ccncc2)c2c(NC(=O)c3ccco3)sc3c2CCCC3)CC1. The number of carbonyl (C=O) groups is 2. The fraction of sp³-hybridized carbons (Fsp3) is 0.423. The molecule has 184 valence electrons. The van der Waals surface area contributed by atoms with Crippen molar-refractivity contribution in [3.8, 4) is 0 Å². The highest BCUT2D eigenvalue weighted by Gasteiger charge is 2.34. The van der Waals surface area contributed by atoms with Gasteiger partial charge < -0.3 is 19.4 Å². The molecule has 8 nitrogen and oxygen atoms in total. The van der Waals surface area contributed by atoms with E-state index in [1.807, 2.05) is 31.5 Å². The van der Waals surface area contributed by atoms with E-state index < -0.39 is 0 Å². The average Bonchev–Trinajstić information content (AvgIpc) is 3.55. The lowest BCUT2D eigenvalue weighted by Gasteiger charge is -2.39. The van der Waals surface area contributed by atoms with E-state index in [0.717, 1.165) is 36.2 Å². The van der Waals surface area contributed by atoms with Crippen LogP contribution in [0, 0.1) is 0 Å². The van der Waals surface area contributed by atoms with E-state index in [2.05, 4.69) is 15.2 Å². The van der Waals surface area contributed by atoms with Crippen molar-refractivity contribution < 1.29 is 18.7 Å². The van der Waals surface area contributed by atoms with E-state index in [4.69, 9.17) is 9.15 Å². The van der Waals surface area contributed by atoms with Crippen LogP contribution in [0.3, 0.4) is 0 Å². The fourth-order valence-electron chi connectivity index (χ4n) is 5.03. The Bertz CT molecular complexity index is 1150. The first-order valence-corrected chi connectivity index (χ1v) is 13.0. The number of carbonyl (C=O) groups excluding carboxylic acids is 2. The van der Waals surface area contributed by atoms with Gasteiger partial charge in [0.05, 0.1) is 18.9 Å². The number of ether oxygens (including phenoxy) is 1. The number of aromatic nitrogens is 1. The van der Waals surface area contributed by atoms with Gasteiger partial charge in [0.1, 0.15) is 5.00 Å². The van der Waals surface area contributed by atoms with E-state index in [1.165, 1.54) is 22.3 Å². The highest BCUT2D eigenvalue weighted by Crippen LogP contribution is 2.45. The maximum atomic E-state index is 13.0. The van der Waals surface area contributed by atoms with Crippen molar-refractivity contribution in [2.24, 2.45) is 0 Å². The molecule has 0 bridgehead atoms. The maximum absolute atomic E-state index is 13.0. The molecule has 2 amide bonds. The number of amides is 2. The molecule has 3 aromatic rings. The van der Waals surface area contributed by atoms with Crippen molar-refractivity contribution in [3.05, 3.63) is 70.3 Å². The van der Waals surface area contributed by atoms with Crippen LogP contribution in [0.1, 0.15) is 57.9 Å². The lowest BCUT2D eigenvalue weighted by molar-refractivity contribution is 0.0714. The molecular formula is C26H30N4O4S. The van der Waals surface area contributed by atoms with Crippen molar-refractivity contribution in [1.82, 2.24) is 14.8 Å². The van der Waals surface area contributed by atoms with Crippen molar-refractivity contribution in [2.45, 2.75) is 38.6 Å². The van der Waals surface area contributed by atoms with Gasteiger partial charge in [-0.1, -0.05) is 0 Å². The van der Waals surface area contributed by atoms with Crippen LogP contribution in [-0.2, 0) is 17.6 Å². The number of rotatable bonds is 6. The van der Waals surface area contributed by atoms with Gasteiger partial charge in [0.25, 0.3) is 5.91 Å². The number of nitrogens with zero attached hydrogens (tertiary/aromatic N) is 3. The summed E-state index contributed by atoms with van der Waals surface area (Å²) in [6, 6.07) is 7.45. The molecule has 1 aliphatic heterocycles. The molecule has 1 unspecified atom stereocenters. The van der Waals surface area contributed by atoms with Crippen molar-refractivity contribution in [1.29, 1.82) is 0 Å². The summed E-state index contributed by atoms with van der Waals surface area (Å²) in [5, 5.41) is 4.04. The van der Waals surface area contributed by atoms with E-state index in [9.17, 15) is 9.59 Å². The lowest BCUT2D eigenvalue weighted by Crippen LogP contribution is -2.50. The quantitative estimate of drug-likeness (QED) is 0.533. The highest BCUT2D eigenvalue weighted by molar-refractivity contribution is 7.16. The number of anilines is 1. The molecule has 1 saturated heterocycles. The standard InChI is InChI=1S/C26H30N4O4S/c1-2-33-26(32)30-15-13-29(14-16-30)23(18-9-11-27-12-10-18)22-19-6-3-4-8-21(19)35-25(22)28-24(31)20-7-5-17-34-20/h5,7,9-12,17,23H,2-4,6,8,13-16H2,1H3,(H,28,31). The Morgan fingerprint density at radius 3 is 2.63 bits per heavy atom. The molecule has 35 heavy (non-hydrogen) atoms. The summed E-state index contributed by atoms with van der Waals surface area (Å²) in [5.41, 5.74) is 3.65. The fourth-order valence-corrected chi connectivity index (χ4v) is 6.34. The first-order valence-electron chi connectivity index (χ1n) is 12.2. The van der Waals surface area contributed by atoms with Crippen molar-refractivity contribution in [3.63, 3.8) is 0 Å². The number of nitrogens with one attached hydrogen (secondary N) is 1. The summed E-state index contributed by atoms with van der Waals surface area (Å²) in [7, 11) is 0. The van der Waals surface area contributed by atoms with Gasteiger partial charge in [-0.3, -0.25) is 14.7 Å². The summed E-state index contributed by atoms with van der Waals surface area (Å²) in [4.78, 5) is 35.0. The van der Waals surface area contributed by atoms with E-state index in [-0.39, 0.29) is 18.0 Å². The Hall–Kier alpha value is -3.17. The minimum absolute atomic E-state index is 0.0488. The second-order valence-corrected chi connectivity index (χ2v) is 9.90. The molecule has 2 aliphatic rings. The smallest absolute Gasteiger partial charge is 0.409 e. The van der Waals surface area contributed by atoms with Gasteiger partial charge in [-0.2, -0.15) is 0 Å². The third-order valence-corrected chi connectivity index (χ3v) is 7.91. The molecule has 0 radical (unpaired) electrons. The first kappa shape index (κ1) is 23.6. The summed E-state index contributed by atoms with van der Waals surface area (Å²) in [6.07, 6.45) is 9.23. The monoisotopic (exact) mass is 494 g/mol. The zero-order chi connectivity index (χ0) is 24.2. The summed E-state index contributed by atoms with van der Waals surface area (Å²) < 4.78 is 10.6. The largest absolute Gasteiger partial charge is 0.459 e. The minimum Gasteiger partial charge on any atom is -0.459 e. The molecule has 0 saturated carbocycles. The van der Waals surface area contributed by atoms with Gasteiger partial charge >= 0.3 is 6.09 Å². The summed E-state index contributed by atoms with van der Waals surface area (Å²) in [6.45, 7) is 4.82. The van der Waals surface area contributed by atoms with E-state index >= 15 is 0 Å². The van der Waals surface area contributed by atoms with Crippen molar-refractivity contribution in [2.75, 3.05) is 38.1 Å². The number of thiophene rings is 1. The van der Waals surface area contributed by atoms with Gasteiger partial charge in [0.15, 0.2) is 5.76 Å². The second-order valence-electron chi connectivity index (χ2n) is 8.79. The van der Waals surface area contributed by atoms with Crippen LogP contribution in [0.5, 0.6) is 0 Å². The number of furan rings is 1. The normalized spacial score (nSPS) is 17.0. The molecule has 0 spiro atoms. The minimum atomic E-state index is -0.257. The van der Waals surface area contributed by atoms with Crippen LogP contribution < -0.4 is 5.32 Å². The lowest BCUT2D eigenvalue weighted by atomic mass is 9.88. The van der Waals surface area contributed by atoms with Gasteiger partial charge in [0.2, 0.25) is 0 Å². The van der Waals surface area contributed by atoms with Crippen LogP contribution in [0.25, 0.3) is 0 Å². The number of piperazine rings is 1. The summed E-state index contributed by atoms with van der Waals surface area (Å²) in [5.74, 6) is 0.0567. The van der Waals surface area contributed by atoms with Crippen molar-refractivity contribution >= 4 is 28.3 Å². The van der Waals surface area contributed by atoms with Gasteiger partial charge in [-0.25, -0.2) is 4.79 Å². The van der Waals surface area contributed by atoms with E-state index in [0.29, 0.717) is 38.5 Å². The first-order chi connectivity index (χ1) is 17.2. The second kappa shape index (κ2) is 10.6. The Kier molecular flexibility index (Phi) is 7.15. The third kappa shape index (κ3) is 4.97. The molecule has 3 aromatic heterocycles. The molecule has 0 aromatic carbocycles. The Morgan fingerprint density at radius 2 is 1.91 bits per heavy atom. The number of hydrogen-bond acceptors (Lipinski definition) is 7. The van der Waals surface area contributed by atoms with E-state index in [1.54, 1.807) is 28.4 Å². The topological polar surface area (TPSA) is 87.9 Å². The Morgan fingerprint density at radius 1 is 1.14 bits per heavy atom. The predicted octanol–water partition coefficient (Wildman–Crippen LogP) is 4.73. The number of pyridine rings is 1. The maximum Gasteiger partial charge on any atom is 0.409 e. The molecular weight excluding hydrogens is 464 g/mol. The average molecular weight is 495 g/mol. The Balaban J connectivity index is 1.51. The molecule has 9 heteroatoms. The molecule has 4 heterocycles. The number of fused-ring (bicyclic) bond motifs is 1. The van der Waals surface area contributed by atoms with Gasteiger partial charge in [0, 0.05) is 49.0 Å². The van der Waals surface area contributed by atoms with Gasteiger partial charge in [-0.15, -0.1) is 11.3 Å². The van der Waals surface area contributed by atoms with Crippen LogP contribution >= 0.6 is 11.3 Å². The zero-order valence-corrected chi connectivity index (χ0v) is 20.7. The van der Waals surface area contributed by atoms with Gasteiger partial charge in [-0.05, 0) is 68.0 Å². The molecule has 1 atom stereocenters. The van der Waals surface area contributed by atoms with Crippen LogP contribution in [0.4, 0.5) is 9.80 Å². The van der Waals surface area contributed by atoms with Crippen LogP contribution in [0.2, 0.25) is 0 Å². The molecule has 1 N–H and O–H groups in total. The molecule has 5 rings (SSSR count). The Labute approximate surface area is 208 Å². The third-order valence-electron chi connectivity index (χ3n) is 6.68. The predicted molar refractivity (Wildman–Crippen MR) is 134 cm³/mol. The van der Waals surface area contributed by atoms with Crippen LogP contribution in [-0.4, -0.2) is 59.6 Å².